The van der Waals surface area contributed by atoms with Gasteiger partial charge < -0.3 is 30.2 Å². The number of esters is 1. The van der Waals surface area contributed by atoms with Gasteiger partial charge in [-0.15, -0.1) is 13.2 Å². The Morgan fingerprint density at radius 3 is 2.49 bits per heavy atom. The summed E-state index contributed by atoms with van der Waals surface area (Å²) >= 11 is 0. The SMILES string of the molecule is C=CCCCC(Cc1ccccc1)C(=O)OCC(Cc1c[nH]c2ccccc12)NC(=O)C(CC=C)CC(=O)NCCOCCO. The Labute approximate surface area is 266 Å². The summed E-state index contributed by atoms with van der Waals surface area (Å²) in [5.41, 5.74) is 3.02. The van der Waals surface area contributed by atoms with Crippen LogP contribution in [0.4, 0.5) is 0 Å². The summed E-state index contributed by atoms with van der Waals surface area (Å²) in [5.74, 6) is -1.87. The van der Waals surface area contributed by atoms with E-state index in [9.17, 15) is 14.4 Å². The first-order valence-corrected chi connectivity index (χ1v) is 15.7. The van der Waals surface area contributed by atoms with Crippen LogP contribution in [0.5, 0.6) is 0 Å². The predicted molar refractivity (Wildman–Crippen MR) is 176 cm³/mol. The van der Waals surface area contributed by atoms with Gasteiger partial charge in [-0.1, -0.05) is 60.7 Å². The number of aromatic amines is 1. The lowest BCUT2D eigenvalue weighted by atomic mass is 9.94. The Morgan fingerprint density at radius 1 is 0.956 bits per heavy atom. The van der Waals surface area contributed by atoms with E-state index >= 15 is 0 Å². The minimum atomic E-state index is -0.647. The largest absolute Gasteiger partial charge is 0.463 e. The fourth-order valence-electron chi connectivity index (χ4n) is 5.26. The van der Waals surface area contributed by atoms with Crippen molar-refractivity contribution in [2.24, 2.45) is 11.8 Å². The third-order valence-corrected chi connectivity index (χ3v) is 7.59. The van der Waals surface area contributed by atoms with Crippen LogP contribution in [-0.4, -0.2) is 66.9 Å². The number of aliphatic hydroxyl groups excluding tert-OH is 1. The third kappa shape index (κ3) is 12.4. The number of H-pyrrole nitrogens is 1. The van der Waals surface area contributed by atoms with Gasteiger partial charge in [0, 0.05) is 30.1 Å². The molecule has 3 aromatic rings. The van der Waals surface area contributed by atoms with Crippen LogP contribution in [0.3, 0.4) is 0 Å². The van der Waals surface area contributed by atoms with E-state index in [1.54, 1.807) is 6.08 Å². The van der Waals surface area contributed by atoms with E-state index in [-0.39, 0.29) is 63.1 Å². The van der Waals surface area contributed by atoms with Crippen molar-refractivity contribution in [3.63, 3.8) is 0 Å². The summed E-state index contributed by atoms with van der Waals surface area (Å²) in [6.45, 7) is 8.20. The number of aliphatic hydroxyl groups is 1. The Kier molecular flexibility index (Phi) is 15.6. The molecule has 0 bridgehead atoms. The number of rotatable bonds is 22. The van der Waals surface area contributed by atoms with E-state index in [0.717, 1.165) is 34.9 Å². The van der Waals surface area contributed by atoms with Gasteiger partial charge in [-0.25, -0.2) is 0 Å². The van der Waals surface area contributed by atoms with Crippen LogP contribution in [0.2, 0.25) is 0 Å². The molecule has 3 rings (SSSR count). The van der Waals surface area contributed by atoms with E-state index in [1.165, 1.54) is 0 Å². The molecule has 3 atom stereocenters. The molecular formula is C36H47N3O6. The highest BCUT2D eigenvalue weighted by Gasteiger charge is 2.26. The van der Waals surface area contributed by atoms with Crippen molar-refractivity contribution in [3.05, 3.63) is 97.2 Å². The van der Waals surface area contributed by atoms with E-state index in [2.05, 4.69) is 28.8 Å². The van der Waals surface area contributed by atoms with Crippen molar-refractivity contribution in [1.82, 2.24) is 15.6 Å². The van der Waals surface area contributed by atoms with Crippen molar-refractivity contribution < 1.29 is 29.0 Å². The number of aromatic nitrogens is 1. The smallest absolute Gasteiger partial charge is 0.309 e. The van der Waals surface area contributed by atoms with Crippen molar-refractivity contribution in [2.75, 3.05) is 33.0 Å². The molecule has 0 saturated heterocycles. The van der Waals surface area contributed by atoms with Crippen LogP contribution >= 0.6 is 0 Å². The van der Waals surface area contributed by atoms with Gasteiger partial charge in [0.15, 0.2) is 0 Å². The minimum Gasteiger partial charge on any atom is -0.463 e. The summed E-state index contributed by atoms with van der Waals surface area (Å²) in [5, 5.41) is 15.7. The fraction of sp³-hybridized carbons (Fsp3) is 0.417. The predicted octanol–water partition coefficient (Wildman–Crippen LogP) is 4.66. The zero-order valence-corrected chi connectivity index (χ0v) is 26.0. The Hall–Kier alpha value is -4.21. The molecule has 3 unspecified atom stereocenters. The molecule has 242 valence electrons. The van der Waals surface area contributed by atoms with Crippen LogP contribution in [0, 0.1) is 11.8 Å². The molecule has 0 saturated carbocycles. The van der Waals surface area contributed by atoms with Crippen LogP contribution < -0.4 is 10.6 Å². The highest BCUT2D eigenvalue weighted by Crippen LogP contribution is 2.21. The van der Waals surface area contributed by atoms with Crippen LogP contribution in [0.15, 0.2) is 86.1 Å². The number of ether oxygens (including phenoxy) is 2. The highest BCUT2D eigenvalue weighted by molar-refractivity contribution is 5.86. The van der Waals surface area contributed by atoms with Crippen molar-refractivity contribution in [1.29, 1.82) is 0 Å². The average molecular weight is 618 g/mol. The zero-order valence-electron chi connectivity index (χ0n) is 26.0. The van der Waals surface area contributed by atoms with Gasteiger partial charge in [0.1, 0.15) is 6.61 Å². The number of carbonyl (C=O) groups excluding carboxylic acids is 3. The quantitative estimate of drug-likeness (QED) is 0.0738. The molecule has 0 fully saturated rings. The second kappa shape index (κ2) is 19.9. The maximum atomic E-state index is 13.5. The number of benzene rings is 2. The summed E-state index contributed by atoms with van der Waals surface area (Å²) in [4.78, 5) is 42.8. The lowest BCUT2D eigenvalue weighted by Gasteiger charge is -2.23. The van der Waals surface area contributed by atoms with Gasteiger partial charge in [-0.05, 0) is 55.7 Å². The maximum absolute atomic E-state index is 13.5. The summed E-state index contributed by atoms with van der Waals surface area (Å²) in [7, 11) is 0. The first-order valence-electron chi connectivity index (χ1n) is 15.7. The molecule has 2 aromatic carbocycles. The molecule has 45 heavy (non-hydrogen) atoms. The van der Waals surface area contributed by atoms with E-state index < -0.39 is 12.0 Å². The normalized spacial score (nSPS) is 13.0. The Balaban J connectivity index is 1.71. The number of fused-ring (bicyclic) bond motifs is 1. The monoisotopic (exact) mass is 617 g/mol. The third-order valence-electron chi connectivity index (χ3n) is 7.59. The Bertz CT molecular complexity index is 1360. The van der Waals surface area contributed by atoms with Gasteiger partial charge in [0.05, 0.1) is 37.7 Å². The molecule has 9 heteroatoms. The number of unbranched alkanes of at least 4 members (excludes halogenated alkanes) is 1. The van der Waals surface area contributed by atoms with Crippen molar-refractivity contribution in [3.8, 4) is 0 Å². The number of hydrogen-bond acceptors (Lipinski definition) is 6. The number of amides is 2. The maximum Gasteiger partial charge on any atom is 0.309 e. The van der Waals surface area contributed by atoms with Crippen LogP contribution in [0.25, 0.3) is 10.9 Å². The van der Waals surface area contributed by atoms with Crippen molar-refractivity contribution >= 4 is 28.7 Å². The number of para-hydroxylation sites is 1. The topological polar surface area (TPSA) is 130 Å². The second-order valence-corrected chi connectivity index (χ2v) is 11.1. The molecule has 4 N–H and O–H groups in total. The summed E-state index contributed by atoms with van der Waals surface area (Å²) < 4.78 is 11.1. The lowest BCUT2D eigenvalue weighted by Crippen LogP contribution is -2.44. The van der Waals surface area contributed by atoms with Gasteiger partial charge in [0.25, 0.3) is 0 Å². The molecule has 2 amide bonds. The second-order valence-electron chi connectivity index (χ2n) is 11.1. The van der Waals surface area contributed by atoms with Gasteiger partial charge in [0.2, 0.25) is 11.8 Å². The summed E-state index contributed by atoms with van der Waals surface area (Å²) in [6.07, 6.45) is 8.96. The standard InChI is InChI=1S/C36H47N3O6/c1-3-5-7-15-29(22-27-13-8-6-9-14-27)36(43)45-26-31(23-30-25-38-33-17-11-10-16-32(30)33)39-35(42)28(12-4-2)24-34(41)37-18-20-44-21-19-40/h3-4,6,8-11,13-14,16-17,25,28-29,31,38,40H,1-2,5,7,12,15,18-24,26H2,(H,37,41)(H,39,42). The molecule has 0 spiro atoms. The lowest BCUT2D eigenvalue weighted by molar-refractivity contribution is -0.150. The molecule has 0 aliphatic carbocycles. The first kappa shape index (κ1) is 35.3. The van der Waals surface area contributed by atoms with Gasteiger partial charge >= 0.3 is 5.97 Å². The molecule has 1 heterocycles. The summed E-state index contributed by atoms with van der Waals surface area (Å²) in [6, 6.07) is 17.3. The number of allylic oxidation sites excluding steroid dienone is 2. The average Bonchev–Trinajstić information content (AvgIpc) is 3.45. The van der Waals surface area contributed by atoms with Crippen LogP contribution in [-0.2, 0) is 36.7 Å². The number of nitrogens with one attached hydrogen (secondary N) is 3. The zero-order chi connectivity index (χ0) is 32.3. The molecule has 9 nitrogen and oxygen atoms in total. The van der Waals surface area contributed by atoms with E-state index in [0.29, 0.717) is 25.7 Å². The highest BCUT2D eigenvalue weighted by atomic mass is 16.5. The van der Waals surface area contributed by atoms with Crippen LogP contribution in [0.1, 0.15) is 43.2 Å². The molecule has 0 aliphatic rings. The Morgan fingerprint density at radius 2 is 1.73 bits per heavy atom. The van der Waals surface area contributed by atoms with E-state index in [1.807, 2.05) is 66.9 Å². The molecule has 1 aromatic heterocycles. The number of carbonyl (C=O) groups is 3. The van der Waals surface area contributed by atoms with E-state index in [4.69, 9.17) is 14.6 Å². The molecular weight excluding hydrogens is 570 g/mol. The van der Waals surface area contributed by atoms with Gasteiger partial charge in [-0.3, -0.25) is 14.4 Å². The van der Waals surface area contributed by atoms with Gasteiger partial charge in [-0.2, -0.15) is 0 Å². The first-order chi connectivity index (χ1) is 21.9. The molecule has 0 radical (unpaired) electrons. The van der Waals surface area contributed by atoms with Crippen molar-refractivity contribution in [2.45, 2.75) is 51.0 Å². The number of hydrogen-bond donors (Lipinski definition) is 4. The molecule has 0 aliphatic heterocycles. The minimum absolute atomic E-state index is 0.00791. The fourth-order valence-corrected chi connectivity index (χ4v) is 5.26.